The predicted octanol–water partition coefficient (Wildman–Crippen LogP) is 4.19. The Balaban J connectivity index is 1.74. The number of carbonyl (C=O) groups excluding carboxylic acids is 1. The van der Waals surface area contributed by atoms with Gasteiger partial charge in [0.1, 0.15) is 11.6 Å². The molecule has 4 rings (SSSR count). The average Bonchev–Trinajstić information content (AvgIpc) is 2.70. The summed E-state index contributed by atoms with van der Waals surface area (Å²) in [5.41, 5.74) is 2.99. The van der Waals surface area contributed by atoms with E-state index in [0.717, 1.165) is 30.4 Å². The topological polar surface area (TPSA) is 75.3 Å². The lowest BCUT2D eigenvalue weighted by molar-refractivity contribution is 0.142. The molecule has 1 saturated heterocycles. The lowest BCUT2D eigenvalue weighted by Gasteiger charge is -2.26. The highest BCUT2D eigenvalue weighted by atomic mass is 16.6. The maximum Gasteiger partial charge on any atom is 0.415 e. The van der Waals surface area contributed by atoms with Crippen LogP contribution in [0, 0.1) is 13.8 Å². The molecule has 1 N–H and O–H groups in total. The maximum atomic E-state index is 12.6. The average molecular weight is 377 g/mol. The molecule has 1 aliphatic rings. The summed E-state index contributed by atoms with van der Waals surface area (Å²) < 4.78 is 5.69. The summed E-state index contributed by atoms with van der Waals surface area (Å²) in [5, 5.41) is 0.545. The Morgan fingerprint density at radius 3 is 2.54 bits per heavy atom. The van der Waals surface area contributed by atoms with Gasteiger partial charge in [0.25, 0.3) is 5.56 Å². The fourth-order valence-corrected chi connectivity index (χ4v) is 3.53. The lowest BCUT2D eigenvalue weighted by atomic mass is 10.1. The highest BCUT2D eigenvalue weighted by Gasteiger charge is 2.21. The Labute approximate surface area is 163 Å². The third-order valence-corrected chi connectivity index (χ3v) is 5.06. The summed E-state index contributed by atoms with van der Waals surface area (Å²) in [5.74, 6) is 0.794. The van der Waals surface area contributed by atoms with Crippen LogP contribution >= 0.6 is 0 Å². The molecule has 28 heavy (non-hydrogen) atoms. The summed E-state index contributed by atoms with van der Waals surface area (Å²) in [7, 11) is 0. The van der Waals surface area contributed by atoms with Gasteiger partial charge in [0.05, 0.1) is 16.5 Å². The molecule has 1 aromatic heterocycles. The smallest absolute Gasteiger partial charge is 0.409 e. The van der Waals surface area contributed by atoms with Gasteiger partial charge in [-0.3, -0.25) is 4.79 Å². The van der Waals surface area contributed by atoms with Crippen molar-refractivity contribution in [3.63, 3.8) is 0 Å². The van der Waals surface area contributed by atoms with Gasteiger partial charge in [-0.1, -0.05) is 23.3 Å². The zero-order chi connectivity index (χ0) is 19.7. The number of benzene rings is 2. The van der Waals surface area contributed by atoms with Crippen LogP contribution in [0.3, 0.4) is 0 Å². The van der Waals surface area contributed by atoms with E-state index in [9.17, 15) is 9.59 Å². The molecule has 1 amide bonds. The second kappa shape index (κ2) is 7.46. The number of hydrogen-bond acceptors (Lipinski definition) is 4. The second-order valence-corrected chi connectivity index (χ2v) is 7.35. The van der Waals surface area contributed by atoms with Crippen LogP contribution in [0.5, 0.6) is 5.75 Å². The first-order valence-electron chi connectivity index (χ1n) is 9.60. The molecule has 0 unspecified atom stereocenters. The van der Waals surface area contributed by atoms with Gasteiger partial charge < -0.3 is 14.6 Å². The zero-order valence-corrected chi connectivity index (χ0v) is 16.1. The van der Waals surface area contributed by atoms with E-state index in [1.54, 1.807) is 11.0 Å². The molecule has 2 heterocycles. The van der Waals surface area contributed by atoms with Crippen LogP contribution in [0.15, 0.2) is 41.2 Å². The largest absolute Gasteiger partial charge is 0.415 e. The number of aromatic amines is 1. The van der Waals surface area contributed by atoms with E-state index in [1.165, 1.54) is 0 Å². The van der Waals surface area contributed by atoms with Crippen molar-refractivity contribution in [2.45, 2.75) is 33.1 Å². The van der Waals surface area contributed by atoms with Gasteiger partial charge in [-0.15, -0.1) is 0 Å². The van der Waals surface area contributed by atoms with Crippen molar-refractivity contribution in [3.8, 4) is 17.1 Å². The molecule has 0 spiro atoms. The zero-order valence-electron chi connectivity index (χ0n) is 16.1. The van der Waals surface area contributed by atoms with Crippen molar-refractivity contribution >= 4 is 17.0 Å². The fraction of sp³-hybridized carbons (Fsp3) is 0.318. The number of H-pyrrole nitrogens is 1. The predicted molar refractivity (Wildman–Crippen MR) is 109 cm³/mol. The minimum absolute atomic E-state index is 0.210. The molecular formula is C22H23N3O3. The number of carbonyl (C=O) groups is 1. The molecule has 0 aliphatic carbocycles. The normalized spacial score (nSPS) is 14.3. The molecule has 2 aromatic carbocycles. The number of rotatable bonds is 2. The summed E-state index contributed by atoms with van der Waals surface area (Å²) >= 11 is 0. The van der Waals surface area contributed by atoms with E-state index < -0.39 is 0 Å². The van der Waals surface area contributed by atoms with Crippen LogP contribution in [0.25, 0.3) is 22.3 Å². The number of aromatic nitrogens is 2. The molecule has 0 atom stereocenters. The van der Waals surface area contributed by atoms with Crippen LogP contribution in [-0.2, 0) is 0 Å². The minimum atomic E-state index is -0.358. The van der Waals surface area contributed by atoms with Crippen molar-refractivity contribution in [2.24, 2.45) is 0 Å². The summed E-state index contributed by atoms with van der Waals surface area (Å²) in [6, 6.07) is 11.1. The van der Waals surface area contributed by atoms with Crippen LogP contribution in [-0.4, -0.2) is 34.1 Å². The number of amides is 1. The van der Waals surface area contributed by atoms with Crippen LogP contribution in [0.1, 0.15) is 30.4 Å². The standard InChI is InChI=1S/C22H23N3O3/c1-14-6-8-18-16(12-14)21(26)24-20(23-18)17-13-15(2)7-9-19(17)28-22(27)25-10-4-3-5-11-25/h6-9,12-13H,3-5,10-11H2,1-2H3,(H,23,24,26). The number of likely N-dealkylation sites (tertiary alicyclic amines) is 1. The van der Waals surface area contributed by atoms with E-state index in [0.29, 0.717) is 41.1 Å². The first-order valence-corrected chi connectivity index (χ1v) is 9.60. The van der Waals surface area contributed by atoms with E-state index in [2.05, 4.69) is 9.97 Å². The highest BCUT2D eigenvalue weighted by Crippen LogP contribution is 2.30. The van der Waals surface area contributed by atoms with Crippen molar-refractivity contribution in [1.29, 1.82) is 0 Å². The highest BCUT2D eigenvalue weighted by molar-refractivity contribution is 5.82. The Kier molecular flexibility index (Phi) is 4.86. The van der Waals surface area contributed by atoms with Crippen molar-refractivity contribution in [1.82, 2.24) is 14.9 Å². The van der Waals surface area contributed by atoms with Crippen molar-refractivity contribution in [3.05, 3.63) is 57.9 Å². The van der Waals surface area contributed by atoms with E-state index in [4.69, 9.17) is 4.74 Å². The van der Waals surface area contributed by atoms with Crippen molar-refractivity contribution in [2.75, 3.05) is 13.1 Å². The molecule has 6 nitrogen and oxygen atoms in total. The van der Waals surface area contributed by atoms with Gasteiger partial charge in [0.2, 0.25) is 0 Å². The second-order valence-electron chi connectivity index (χ2n) is 7.35. The summed E-state index contributed by atoms with van der Waals surface area (Å²) in [6.45, 7) is 5.31. The van der Waals surface area contributed by atoms with E-state index >= 15 is 0 Å². The number of piperidine rings is 1. The molecule has 3 aromatic rings. The number of fused-ring (bicyclic) bond motifs is 1. The van der Waals surface area contributed by atoms with Crippen LogP contribution in [0.2, 0.25) is 0 Å². The molecule has 0 saturated carbocycles. The Bertz CT molecular complexity index is 1100. The van der Waals surface area contributed by atoms with Gasteiger partial charge in [-0.05, 0) is 57.4 Å². The maximum absolute atomic E-state index is 12.6. The molecule has 6 heteroatoms. The van der Waals surface area contributed by atoms with Crippen molar-refractivity contribution < 1.29 is 9.53 Å². The molecule has 1 fully saturated rings. The molecule has 144 valence electrons. The fourth-order valence-electron chi connectivity index (χ4n) is 3.53. The Morgan fingerprint density at radius 1 is 1.04 bits per heavy atom. The monoisotopic (exact) mass is 377 g/mol. The number of nitrogens with one attached hydrogen (secondary N) is 1. The van der Waals surface area contributed by atoms with Gasteiger partial charge in [-0.25, -0.2) is 9.78 Å². The quantitative estimate of drug-likeness (QED) is 0.726. The third kappa shape index (κ3) is 3.63. The van der Waals surface area contributed by atoms with Gasteiger partial charge >= 0.3 is 6.09 Å². The van der Waals surface area contributed by atoms with Crippen LogP contribution in [0.4, 0.5) is 4.79 Å². The van der Waals surface area contributed by atoms with Gasteiger partial charge in [0.15, 0.2) is 0 Å². The summed E-state index contributed by atoms with van der Waals surface area (Å²) in [4.78, 5) is 34.3. The van der Waals surface area contributed by atoms with E-state index in [-0.39, 0.29) is 11.7 Å². The number of ether oxygens (including phenoxy) is 1. The first-order chi connectivity index (χ1) is 13.5. The van der Waals surface area contributed by atoms with E-state index in [1.807, 2.05) is 44.2 Å². The first kappa shape index (κ1) is 18.2. The Morgan fingerprint density at radius 2 is 1.75 bits per heavy atom. The van der Waals surface area contributed by atoms with Crippen LogP contribution < -0.4 is 10.3 Å². The van der Waals surface area contributed by atoms with Gasteiger partial charge in [-0.2, -0.15) is 0 Å². The minimum Gasteiger partial charge on any atom is -0.409 e. The Hall–Kier alpha value is -3.15. The summed E-state index contributed by atoms with van der Waals surface area (Å²) in [6.07, 6.45) is 2.77. The molecule has 0 radical (unpaired) electrons. The third-order valence-electron chi connectivity index (χ3n) is 5.06. The molecule has 1 aliphatic heterocycles. The number of aryl methyl sites for hydroxylation is 2. The SMILES string of the molecule is Cc1ccc(OC(=O)N2CCCCC2)c(-c2nc3ccc(C)cc3c(=O)[nH]2)c1. The van der Waals surface area contributed by atoms with Gasteiger partial charge in [0, 0.05) is 13.1 Å². The number of nitrogens with zero attached hydrogens (tertiary/aromatic N) is 2. The molecular weight excluding hydrogens is 354 g/mol. The molecule has 0 bridgehead atoms. The number of hydrogen-bond donors (Lipinski definition) is 1. The lowest BCUT2D eigenvalue weighted by Crippen LogP contribution is -2.37.